The largest absolute Gasteiger partial charge is 0.361 e. The van der Waals surface area contributed by atoms with Gasteiger partial charge >= 0.3 is 0 Å². The zero-order valence-electron chi connectivity index (χ0n) is 19.9. The Balaban J connectivity index is 1.48. The third kappa shape index (κ3) is 5.04. The number of rotatable bonds is 9. The molecule has 3 N–H and O–H groups in total. The number of aromatic amines is 1. The fourth-order valence-corrected chi connectivity index (χ4v) is 4.62. The van der Waals surface area contributed by atoms with Gasteiger partial charge in [-0.3, -0.25) is 24.6 Å². The van der Waals surface area contributed by atoms with E-state index in [1.54, 1.807) is 6.92 Å². The number of nitrogens with zero attached hydrogens (tertiary/aromatic N) is 1. The molecular weight excluding hydrogens is 428 g/mol. The smallest absolute Gasteiger partial charge is 0.249 e. The third-order valence-corrected chi connectivity index (χ3v) is 6.33. The van der Waals surface area contributed by atoms with E-state index in [4.69, 9.17) is 0 Å². The van der Waals surface area contributed by atoms with E-state index in [0.29, 0.717) is 19.4 Å². The molecule has 7 heteroatoms. The number of carbonyl (C=O) groups is 3. The molecule has 34 heavy (non-hydrogen) atoms. The minimum atomic E-state index is -1.13. The Bertz CT molecular complexity index is 1190. The fraction of sp³-hybridized carbons (Fsp3) is 0.370. The Morgan fingerprint density at radius 2 is 1.79 bits per heavy atom. The second kappa shape index (κ2) is 9.81. The summed E-state index contributed by atoms with van der Waals surface area (Å²) in [5.74, 6) is -0.687. The Kier molecular flexibility index (Phi) is 6.84. The van der Waals surface area contributed by atoms with Crippen molar-refractivity contribution in [1.29, 1.82) is 0 Å². The molecule has 0 bridgehead atoms. The summed E-state index contributed by atoms with van der Waals surface area (Å²) in [5, 5.41) is 7.28. The molecule has 1 fully saturated rings. The van der Waals surface area contributed by atoms with Crippen LogP contribution in [0.5, 0.6) is 0 Å². The van der Waals surface area contributed by atoms with E-state index >= 15 is 0 Å². The second-order valence-corrected chi connectivity index (χ2v) is 9.52. The summed E-state index contributed by atoms with van der Waals surface area (Å²) in [5.41, 5.74) is 1.94. The first-order valence-electron chi connectivity index (χ1n) is 11.8. The summed E-state index contributed by atoms with van der Waals surface area (Å²) < 4.78 is 0. The maximum atomic E-state index is 13.4. The standard InChI is InChI=1S/C27H32N4O3/c1-18(2)29-25(33)23(15-19-9-5-4-6-10-19)30-27(3)16-24(32)31(26(27)34)14-13-20-17-28-22-12-8-7-11-21(20)22/h4-12,17-18,23,28,30H,13-16H2,1-3H3,(H,29,33)/t23-,27?/m0/s1. The number of imide groups is 1. The quantitative estimate of drug-likeness (QED) is 0.428. The van der Waals surface area contributed by atoms with E-state index in [1.165, 1.54) is 4.90 Å². The normalized spacial score (nSPS) is 19.2. The first kappa shape index (κ1) is 23.7. The van der Waals surface area contributed by atoms with Gasteiger partial charge < -0.3 is 10.3 Å². The lowest BCUT2D eigenvalue weighted by molar-refractivity contribution is -0.140. The molecule has 1 aromatic heterocycles. The van der Waals surface area contributed by atoms with Crippen LogP contribution in [0.3, 0.4) is 0 Å². The van der Waals surface area contributed by atoms with Crippen molar-refractivity contribution in [1.82, 2.24) is 20.5 Å². The molecule has 0 spiro atoms. The average molecular weight is 461 g/mol. The SMILES string of the molecule is CC(C)NC(=O)[C@H](Cc1ccccc1)NC1(C)CC(=O)N(CCc2c[nH]c3ccccc23)C1=O. The molecule has 1 aliphatic heterocycles. The van der Waals surface area contributed by atoms with Gasteiger partial charge in [-0.2, -0.15) is 0 Å². The first-order chi connectivity index (χ1) is 16.3. The number of likely N-dealkylation sites (tertiary alicyclic amines) is 1. The number of carbonyl (C=O) groups excluding carboxylic acids is 3. The lowest BCUT2D eigenvalue weighted by Crippen LogP contribution is -2.59. The summed E-state index contributed by atoms with van der Waals surface area (Å²) in [6, 6.07) is 17.0. The lowest BCUT2D eigenvalue weighted by Gasteiger charge is -2.30. The van der Waals surface area contributed by atoms with Crippen molar-refractivity contribution in [3.8, 4) is 0 Å². The second-order valence-electron chi connectivity index (χ2n) is 9.52. The topological polar surface area (TPSA) is 94.3 Å². The van der Waals surface area contributed by atoms with E-state index in [1.807, 2.05) is 74.6 Å². The van der Waals surface area contributed by atoms with Gasteiger partial charge in [-0.05, 0) is 50.8 Å². The predicted molar refractivity (Wildman–Crippen MR) is 132 cm³/mol. The van der Waals surface area contributed by atoms with Gasteiger partial charge in [0.1, 0.15) is 5.54 Å². The highest BCUT2D eigenvalue weighted by Crippen LogP contribution is 2.26. The van der Waals surface area contributed by atoms with Crippen molar-refractivity contribution in [3.63, 3.8) is 0 Å². The monoisotopic (exact) mass is 460 g/mol. The van der Waals surface area contributed by atoms with Crippen LogP contribution in [0.15, 0.2) is 60.8 Å². The summed E-state index contributed by atoms with van der Waals surface area (Å²) in [4.78, 5) is 43.8. The Morgan fingerprint density at radius 1 is 1.09 bits per heavy atom. The molecule has 7 nitrogen and oxygen atoms in total. The number of benzene rings is 2. The van der Waals surface area contributed by atoms with E-state index in [-0.39, 0.29) is 30.2 Å². The third-order valence-electron chi connectivity index (χ3n) is 6.33. The number of para-hydroxylation sites is 1. The van der Waals surface area contributed by atoms with Gasteiger partial charge in [0.25, 0.3) is 0 Å². The van der Waals surface area contributed by atoms with Gasteiger partial charge in [-0.15, -0.1) is 0 Å². The van der Waals surface area contributed by atoms with Crippen molar-refractivity contribution >= 4 is 28.6 Å². The van der Waals surface area contributed by atoms with Crippen LogP contribution in [0.25, 0.3) is 10.9 Å². The summed E-state index contributed by atoms with van der Waals surface area (Å²) in [6.45, 7) is 5.82. The predicted octanol–water partition coefficient (Wildman–Crippen LogP) is 2.95. The molecule has 0 radical (unpaired) electrons. The molecule has 1 unspecified atom stereocenters. The molecule has 3 amide bonds. The molecule has 178 valence electrons. The number of amides is 3. The Hall–Kier alpha value is -3.45. The van der Waals surface area contributed by atoms with E-state index in [2.05, 4.69) is 15.6 Å². The van der Waals surface area contributed by atoms with Gasteiger partial charge in [0.15, 0.2) is 0 Å². The molecule has 1 saturated heterocycles. The molecule has 3 aromatic rings. The van der Waals surface area contributed by atoms with Gasteiger partial charge in [-0.1, -0.05) is 48.5 Å². The summed E-state index contributed by atoms with van der Waals surface area (Å²) in [6.07, 6.45) is 2.95. The highest BCUT2D eigenvalue weighted by Gasteiger charge is 2.49. The number of aromatic nitrogens is 1. The molecule has 2 aromatic carbocycles. The van der Waals surface area contributed by atoms with Crippen molar-refractivity contribution in [2.45, 2.75) is 57.7 Å². The zero-order valence-corrected chi connectivity index (χ0v) is 19.9. The molecule has 2 heterocycles. The van der Waals surface area contributed by atoms with E-state index < -0.39 is 11.6 Å². The minimum Gasteiger partial charge on any atom is -0.361 e. The van der Waals surface area contributed by atoms with Crippen LogP contribution in [0.4, 0.5) is 0 Å². The van der Waals surface area contributed by atoms with Crippen LogP contribution in [-0.2, 0) is 27.2 Å². The number of nitrogens with one attached hydrogen (secondary N) is 3. The van der Waals surface area contributed by atoms with Crippen molar-refractivity contribution < 1.29 is 14.4 Å². The van der Waals surface area contributed by atoms with Gasteiger partial charge in [0.05, 0.1) is 12.5 Å². The fourth-order valence-electron chi connectivity index (χ4n) is 4.62. The minimum absolute atomic E-state index is 0.0277. The van der Waals surface area contributed by atoms with Gasteiger partial charge in [0.2, 0.25) is 17.7 Å². The maximum Gasteiger partial charge on any atom is 0.249 e. The zero-order chi connectivity index (χ0) is 24.3. The highest BCUT2D eigenvalue weighted by molar-refractivity contribution is 6.08. The first-order valence-corrected chi connectivity index (χ1v) is 11.8. The van der Waals surface area contributed by atoms with Crippen LogP contribution in [0.1, 0.15) is 38.3 Å². The summed E-state index contributed by atoms with van der Waals surface area (Å²) in [7, 11) is 0. The summed E-state index contributed by atoms with van der Waals surface area (Å²) >= 11 is 0. The molecule has 1 aliphatic rings. The number of H-pyrrole nitrogens is 1. The number of fused-ring (bicyclic) bond motifs is 1. The molecule has 0 saturated carbocycles. The van der Waals surface area contributed by atoms with Crippen LogP contribution >= 0.6 is 0 Å². The van der Waals surface area contributed by atoms with Crippen LogP contribution in [0, 0.1) is 0 Å². The molecule has 0 aliphatic carbocycles. The van der Waals surface area contributed by atoms with Gasteiger partial charge in [-0.25, -0.2) is 0 Å². The van der Waals surface area contributed by atoms with Crippen LogP contribution in [0.2, 0.25) is 0 Å². The van der Waals surface area contributed by atoms with E-state index in [0.717, 1.165) is 22.0 Å². The number of hydrogen-bond donors (Lipinski definition) is 3. The van der Waals surface area contributed by atoms with Crippen molar-refractivity contribution in [2.75, 3.05) is 6.54 Å². The Labute approximate surface area is 199 Å². The van der Waals surface area contributed by atoms with Crippen molar-refractivity contribution in [3.05, 3.63) is 71.9 Å². The van der Waals surface area contributed by atoms with Crippen LogP contribution in [-0.4, -0.2) is 51.8 Å². The molecular formula is C27H32N4O3. The Morgan fingerprint density at radius 3 is 2.53 bits per heavy atom. The maximum absolute atomic E-state index is 13.4. The van der Waals surface area contributed by atoms with Crippen LogP contribution < -0.4 is 10.6 Å². The number of hydrogen-bond acceptors (Lipinski definition) is 4. The van der Waals surface area contributed by atoms with E-state index in [9.17, 15) is 14.4 Å². The van der Waals surface area contributed by atoms with Gasteiger partial charge in [0, 0.05) is 29.7 Å². The molecule has 4 rings (SSSR count). The highest BCUT2D eigenvalue weighted by atomic mass is 16.2. The average Bonchev–Trinajstić information content (AvgIpc) is 3.30. The lowest BCUT2D eigenvalue weighted by atomic mass is 9.96. The molecule has 2 atom stereocenters. The van der Waals surface area contributed by atoms with Crippen molar-refractivity contribution in [2.24, 2.45) is 0 Å².